The fourth-order valence-corrected chi connectivity index (χ4v) is 6.11. The Morgan fingerprint density at radius 3 is 2.50 bits per heavy atom. The maximum absolute atomic E-state index is 9.98. The lowest BCUT2D eigenvalue weighted by Crippen LogP contribution is -2.37. The van der Waals surface area contributed by atoms with E-state index in [1.807, 2.05) is 24.3 Å². The minimum absolute atomic E-state index is 0.259. The third kappa shape index (κ3) is 5.21. The summed E-state index contributed by atoms with van der Waals surface area (Å²) in [6, 6.07) is 21.3. The highest BCUT2D eigenvalue weighted by Crippen LogP contribution is 2.41. The van der Waals surface area contributed by atoms with Crippen LogP contribution in [0.1, 0.15) is 30.9 Å². The lowest BCUT2D eigenvalue weighted by Gasteiger charge is -2.30. The van der Waals surface area contributed by atoms with E-state index in [9.17, 15) is 10.2 Å². The minimum Gasteiger partial charge on any atom is -0.508 e. The van der Waals surface area contributed by atoms with E-state index in [2.05, 4.69) is 36.1 Å². The number of phenolic OH excluding ortho intramolecular Hbond substituents is 2. The second-order valence-corrected chi connectivity index (χ2v) is 10.4. The van der Waals surface area contributed by atoms with Gasteiger partial charge in [-0.25, -0.2) is 0 Å². The summed E-state index contributed by atoms with van der Waals surface area (Å²) in [6.45, 7) is 6.39. The first-order chi connectivity index (χ1) is 16.5. The van der Waals surface area contributed by atoms with E-state index in [1.165, 1.54) is 37.1 Å². The highest BCUT2D eigenvalue weighted by molar-refractivity contribution is 7.22. The van der Waals surface area contributed by atoms with E-state index in [1.54, 1.807) is 29.5 Å². The van der Waals surface area contributed by atoms with E-state index in [0.29, 0.717) is 0 Å². The molecule has 4 nitrogen and oxygen atoms in total. The van der Waals surface area contributed by atoms with Gasteiger partial charge >= 0.3 is 0 Å². The molecule has 0 aliphatic carbocycles. The van der Waals surface area contributed by atoms with Crippen LogP contribution >= 0.6 is 11.3 Å². The number of thiophene rings is 1. The highest BCUT2D eigenvalue weighted by atomic mass is 32.1. The molecule has 2 N–H and O–H groups in total. The first-order valence-electron chi connectivity index (χ1n) is 12.0. The number of rotatable bonds is 7. The number of benzene rings is 3. The van der Waals surface area contributed by atoms with Gasteiger partial charge in [-0.05, 0) is 108 Å². The fourth-order valence-electron chi connectivity index (χ4n) is 4.85. The Bertz CT molecular complexity index is 1250. The smallest absolute Gasteiger partial charge is 0.119 e. The predicted molar refractivity (Wildman–Crippen MR) is 140 cm³/mol. The molecule has 0 saturated carbocycles. The fraction of sp³-hybridized carbons (Fsp3) is 0.310. The Morgan fingerprint density at radius 2 is 1.74 bits per heavy atom. The average Bonchev–Trinajstić information content (AvgIpc) is 3.18. The van der Waals surface area contributed by atoms with Crippen LogP contribution in [0.5, 0.6) is 17.2 Å². The van der Waals surface area contributed by atoms with Crippen molar-refractivity contribution in [3.63, 3.8) is 0 Å². The van der Waals surface area contributed by atoms with Crippen molar-refractivity contribution in [3.8, 4) is 27.7 Å². The largest absolute Gasteiger partial charge is 0.508 e. The van der Waals surface area contributed by atoms with Gasteiger partial charge < -0.3 is 14.9 Å². The van der Waals surface area contributed by atoms with Gasteiger partial charge in [0, 0.05) is 22.7 Å². The number of phenols is 2. The molecule has 1 saturated heterocycles. The Hall–Kier alpha value is -3.02. The Kier molecular flexibility index (Phi) is 6.75. The quantitative estimate of drug-likeness (QED) is 0.314. The van der Waals surface area contributed by atoms with Crippen molar-refractivity contribution in [1.82, 2.24) is 4.90 Å². The molecule has 0 spiro atoms. The van der Waals surface area contributed by atoms with Crippen LogP contribution in [-0.2, 0) is 6.42 Å². The summed E-state index contributed by atoms with van der Waals surface area (Å²) < 4.78 is 7.09. The van der Waals surface area contributed by atoms with E-state index in [0.717, 1.165) is 51.8 Å². The Labute approximate surface area is 205 Å². The van der Waals surface area contributed by atoms with Crippen LogP contribution in [-0.4, -0.2) is 41.4 Å². The number of ether oxygens (including phenoxy) is 1. The number of piperidine rings is 1. The molecular weight excluding hydrogens is 442 g/mol. The van der Waals surface area contributed by atoms with Crippen molar-refractivity contribution < 1.29 is 14.9 Å². The summed E-state index contributed by atoms with van der Waals surface area (Å²) in [7, 11) is 0. The predicted octanol–water partition coefficient (Wildman–Crippen LogP) is 6.68. The maximum Gasteiger partial charge on any atom is 0.119 e. The van der Waals surface area contributed by atoms with Crippen molar-refractivity contribution in [2.45, 2.75) is 26.2 Å². The van der Waals surface area contributed by atoms with Crippen LogP contribution in [0.2, 0.25) is 0 Å². The maximum atomic E-state index is 9.98. The molecule has 0 amide bonds. The zero-order valence-electron chi connectivity index (χ0n) is 19.5. The minimum atomic E-state index is 0.259. The van der Waals surface area contributed by atoms with Crippen LogP contribution in [0.25, 0.3) is 20.5 Å². The van der Waals surface area contributed by atoms with Crippen LogP contribution in [0, 0.1) is 5.92 Å². The normalized spacial score (nSPS) is 16.7. The second-order valence-electron chi connectivity index (χ2n) is 9.35. The van der Waals surface area contributed by atoms with Crippen LogP contribution < -0.4 is 4.74 Å². The highest BCUT2D eigenvalue weighted by Gasteiger charge is 2.17. The van der Waals surface area contributed by atoms with E-state index in [4.69, 9.17) is 4.74 Å². The number of aromatic hydroxyl groups is 2. The second kappa shape index (κ2) is 10.1. The summed E-state index contributed by atoms with van der Waals surface area (Å²) in [5, 5.41) is 20.8. The Balaban J connectivity index is 1.31. The monoisotopic (exact) mass is 473 g/mol. The van der Waals surface area contributed by atoms with Crippen molar-refractivity contribution in [2.24, 2.45) is 5.92 Å². The SMILES string of the molecule is CC1CCCN(CCOc2ccc(Cc3c(-c4ccc(O)cc4)sc4cc(O)ccc34)cc2)C1. The summed E-state index contributed by atoms with van der Waals surface area (Å²) in [5.74, 6) is 2.23. The van der Waals surface area contributed by atoms with Gasteiger partial charge in [-0.3, -0.25) is 4.90 Å². The van der Waals surface area contributed by atoms with Crippen molar-refractivity contribution in [2.75, 3.05) is 26.2 Å². The molecule has 1 aliphatic rings. The topological polar surface area (TPSA) is 52.9 Å². The molecule has 176 valence electrons. The van der Waals surface area contributed by atoms with Gasteiger partial charge in [0.2, 0.25) is 0 Å². The van der Waals surface area contributed by atoms with Crippen molar-refractivity contribution in [1.29, 1.82) is 0 Å². The van der Waals surface area contributed by atoms with E-state index in [-0.39, 0.29) is 11.5 Å². The van der Waals surface area contributed by atoms with Gasteiger partial charge in [-0.15, -0.1) is 11.3 Å². The number of hydrogen-bond donors (Lipinski definition) is 2. The molecule has 5 heteroatoms. The number of fused-ring (bicyclic) bond motifs is 1. The number of likely N-dealkylation sites (tertiary alicyclic amines) is 1. The van der Waals surface area contributed by atoms with Crippen LogP contribution in [0.15, 0.2) is 66.7 Å². The van der Waals surface area contributed by atoms with Gasteiger partial charge in [-0.1, -0.05) is 19.1 Å². The molecule has 2 heterocycles. The van der Waals surface area contributed by atoms with Gasteiger partial charge in [0.15, 0.2) is 0 Å². The third-order valence-electron chi connectivity index (χ3n) is 6.63. The molecule has 0 radical (unpaired) electrons. The van der Waals surface area contributed by atoms with Gasteiger partial charge in [-0.2, -0.15) is 0 Å². The zero-order chi connectivity index (χ0) is 23.5. The standard InChI is InChI=1S/C29H31NO3S/c1-20-3-2-14-30(19-20)15-16-33-25-11-4-21(5-12-25)17-27-26-13-10-24(32)18-28(26)34-29(27)22-6-8-23(31)9-7-22/h4-13,18,20,31-32H,2-3,14-17,19H2,1H3. The summed E-state index contributed by atoms with van der Waals surface area (Å²) in [4.78, 5) is 3.67. The molecule has 1 aliphatic heterocycles. The lowest BCUT2D eigenvalue weighted by molar-refractivity contribution is 0.153. The average molecular weight is 474 g/mol. The molecule has 0 bridgehead atoms. The van der Waals surface area contributed by atoms with Crippen LogP contribution in [0.4, 0.5) is 0 Å². The van der Waals surface area contributed by atoms with Gasteiger partial charge in [0.1, 0.15) is 23.9 Å². The number of hydrogen-bond acceptors (Lipinski definition) is 5. The summed E-state index contributed by atoms with van der Waals surface area (Å²) in [6.07, 6.45) is 3.42. The zero-order valence-corrected chi connectivity index (χ0v) is 20.4. The van der Waals surface area contributed by atoms with Crippen molar-refractivity contribution in [3.05, 3.63) is 77.9 Å². The lowest BCUT2D eigenvalue weighted by atomic mass is 9.99. The Morgan fingerprint density at radius 1 is 0.971 bits per heavy atom. The molecule has 1 aromatic heterocycles. The third-order valence-corrected chi connectivity index (χ3v) is 7.87. The number of nitrogens with zero attached hydrogens (tertiary/aromatic N) is 1. The molecule has 3 aromatic carbocycles. The van der Waals surface area contributed by atoms with Crippen molar-refractivity contribution >= 4 is 21.4 Å². The summed E-state index contributed by atoms with van der Waals surface area (Å²) >= 11 is 1.67. The van der Waals surface area contributed by atoms with E-state index < -0.39 is 0 Å². The molecule has 1 unspecified atom stereocenters. The molecule has 1 fully saturated rings. The molecule has 34 heavy (non-hydrogen) atoms. The molecular formula is C29H31NO3S. The van der Waals surface area contributed by atoms with Gasteiger partial charge in [0.05, 0.1) is 0 Å². The molecule has 1 atom stereocenters. The molecule has 4 aromatic rings. The van der Waals surface area contributed by atoms with E-state index >= 15 is 0 Å². The summed E-state index contributed by atoms with van der Waals surface area (Å²) in [5.41, 5.74) is 3.52. The first-order valence-corrected chi connectivity index (χ1v) is 12.8. The van der Waals surface area contributed by atoms with Crippen LogP contribution in [0.3, 0.4) is 0 Å². The van der Waals surface area contributed by atoms with Gasteiger partial charge in [0.25, 0.3) is 0 Å². The first kappa shape index (κ1) is 22.8. The molecule has 5 rings (SSSR count).